The molecule has 4 nitrogen and oxygen atoms in total. The SMILES string of the molecule is Cc1cc(N)ccc1C(=O)N(CCN(C)C)C1CCCC1. The molecule has 1 amide bonds. The predicted molar refractivity (Wildman–Crippen MR) is 87.4 cm³/mol. The molecule has 2 N–H and O–H groups in total. The summed E-state index contributed by atoms with van der Waals surface area (Å²) in [5.74, 6) is 0.154. The van der Waals surface area contributed by atoms with Crippen LogP contribution in [0.15, 0.2) is 18.2 Å². The number of nitrogens with zero attached hydrogens (tertiary/aromatic N) is 2. The summed E-state index contributed by atoms with van der Waals surface area (Å²) in [6.07, 6.45) is 4.73. The molecule has 116 valence electrons. The first-order valence-electron chi connectivity index (χ1n) is 7.81. The molecule has 0 unspecified atom stereocenters. The van der Waals surface area contributed by atoms with Crippen LogP contribution in [-0.4, -0.2) is 48.9 Å². The number of benzene rings is 1. The molecule has 0 aliphatic heterocycles. The summed E-state index contributed by atoms with van der Waals surface area (Å²) in [5.41, 5.74) is 8.26. The molecular weight excluding hydrogens is 262 g/mol. The number of nitrogen functional groups attached to an aromatic ring is 1. The number of carbonyl (C=O) groups is 1. The standard InChI is InChI=1S/C17H27N3O/c1-13-12-14(18)8-9-16(13)17(21)20(11-10-19(2)3)15-6-4-5-7-15/h8-9,12,15H,4-7,10-11,18H2,1-3H3. The zero-order valence-electron chi connectivity index (χ0n) is 13.4. The van der Waals surface area contributed by atoms with Gasteiger partial charge < -0.3 is 15.5 Å². The van der Waals surface area contributed by atoms with Crippen molar-refractivity contribution in [3.05, 3.63) is 29.3 Å². The number of carbonyl (C=O) groups excluding carboxylic acids is 1. The van der Waals surface area contributed by atoms with Crippen LogP contribution < -0.4 is 5.73 Å². The summed E-state index contributed by atoms with van der Waals surface area (Å²) in [6, 6.07) is 5.96. The fourth-order valence-corrected chi connectivity index (χ4v) is 3.06. The fraction of sp³-hybridized carbons (Fsp3) is 0.588. The van der Waals surface area contributed by atoms with Gasteiger partial charge in [-0.15, -0.1) is 0 Å². The first-order chi connectivity index (χ1) is 9.99. The van der Waals surface area contributed by atoms with Gasteiger partial charge in [-0.3, -0.25) is 4.79 Å². The number of likely N-dealkylation sites (N-methyl/N-ethyl adjacent to an activating group) is 1. The van der Waals surface area contributed by atoms with Gasteiger partial charge in [-0.05, 0) is 57.6 Å². The molecule has 1 aliphatic carbocycles. The molecular formula is C17H27N3O. The van der Waals surface area contributed by atoms with E-state index in [0.29, 0.717) is 11.7 Å². The zero-order valence-corrected chi connectivity index (χ0v) is 13.4. The molecule has 4 heteroatoms. The van der Waals surface area contributed by atoms with E-state index in [-0.39, 0.29) is 5.91 Å². The average Bonchev–Trinajstić information content (AvgIpc) is 2.92. The molecule has 1 saturated carbocycles. The molecule has 0 radical (unpaired) electrons. The Morgan fingerprint density at radius 2 is 1.90 bits per heavy atom. The van der Waals surface area contributed by atoms with Crippen molar-refractivity contribution in [3.63, 3.8) is 0 Å². The minimum atomic E-state index is 0.154. The van der Waals surface area contributed by atoms with E-state index in [1.807, 2.05) is 39.2 Å². The molecule has 1 aliphatic rings. The lowest BCUT2D eigenvalue weighted by molar-refractivity contribution is 0.0667. The number of hydrogen-bond donors (Lipinski definition) is 1. The lowest BCUT2D eigenvalue weighted by Gasteiger charge is -2.30. The molecule has 0 spiro atoms. The second-order valence-corrected chi connectivity index (χ2v) is 6.31. The normalized spacial score (nSPS) is 15.6. The Hall–Kier alpha value is -1.55. The van der Waals surface area contributed by atoms with Gasteiger partial charge in [-0.2, -0.15) is 0 Å². The van der Waals surface area contributed by atoms with Crippen molar-refractivity contribution in [1.29, 1.82) is 0 Å². The number of amides is 1. The summed E-state index contributed by atoms with van der Waals surface area (Å²) in [5, 5.41) is 0. The van der Waals surface area contributed by atoms with E-state index in [9.17, 15) is 4.79 Å². The van der Waals surface area contributed by atoms with Crippen LogP contribution in [0.5, 0.6) is 0 Å². The van der Waals surface area contributed by atoms with Crippen molar-refractivity contribution in [2.45, 2.75) is 38.6 Å². The molecule has 21 heavy (non-hydrogen) atoms. The maximum atomic E-state index is 12.9. The second-order valence-electron chi connectivity index (χ2n) is 6.31. The molecule has 0 heterocycles. The third-order valence-corrected chi connectivity index (χ3v) is 4.30. The topological polar surface area (TPSA) is 49.6 Å². The van der Waals surface area contributed by atoms with Crippen LogP contribution in [0.3, 0.4) is 0 Å². The van der Waals surface area contributed by atoms with Gasteiger partial charge >= 0.3 is 0 Å². The Kier molecular flexibility index (Phi) is 5.23. The van der Waals surface area contributed by atoms with Crippen molar-refractivity contribution in [3.8, 4) is 0 Å². The van der Waals surface area contributed by atoms with Crippen molar-refractivity contribution in [2.75, 3.05) is 32.9 Å². The first kappa shape index (κ1) is 15.8. The number of hydrogen-bond acceptors (Lipinski definition) is 3. The highest BCUT2D eigenvalue weighted by molar-refractivity contribution is 5.96. The molecule has 1 fully saturated rings. The van der Waals surface area contributed by atoms with E-state index in [1.165, 1.54) is 12.8 Å². The monoisotopic (exact) mass is 289 g/mol. The Labute approximate surface area is 127 Å². The van der Waals surface area contributed by atoms with E-state index in [0.717, 1.165) is 37.1 Å². The van der Waals surface area contributed by atoms with Crippen LogP contribution in [0, 0.1) is 6.92 Å². The van der Waals surface area contributed by atoms with Gasteiger partial charge in [-0.1, -0.05) is 12.8 Å². The van der Waals surface area contributed by atoms with Gasteiger partial charge in [-0.25, -0.2) is 0 Å². The third kappa shape index (κ3) is 3.97. The molecule has 0 saturated heterocycles. The van der Waals surface area contributed by atoms with Gasteiger partial charge in [0.25, 0.3) is 5.91 Å². The Morgan fingerprint density at radius 3 is 2.48 bits per heavy atom. The quantitative estimate of drug-likeness (QED) is 0.847. The second kappa shape index (κ2) is 6.94. The van der Waals surface area contributed by atoms with Gasteiger partial charge in [0.1, 0.15) is 0 Å². The maximum absolute atomic E-state index is 12.9. The minimum Gasteiger partial charge on any atom is -0.399 e. The van der Waals surface area contributed by atoms with Gasteiger partial charge in [0.05, 0.1) is 0 Å². The summed E-state index contributed by atoms with van der Waals surface area (Å²) in [6.45, 7) is 3.65. The van der Waals surface area contributed by atoms with E-state index >= 15 is 0 Å². The maximum Gasteiger partial charge on any atom is 0.254 e. The molecule has 2 rings (SSSR count). The summed E-state index contributed by atoms with van der Waals surface area (Å²) < 4.78 is 0. The fourth-order valence-electron chi connectivity index (χ4n) is 3.06. The minimum absolute atomic E-state index is 0.154. The van der Waals surface area contributed by atoms with Gasteiger partial charge in [0.15, 0.2) is 0 Å². The van der Waals surface area contributed by atoms with E-state index < -0.39 is 0 Å². The van der Waals surface area contributed by atoms with E-state index in [2.05, 4.69) is 9.80 Å². The highest BCUT2D eigenvalue weighted by atomic mass is 16.2. The zero-order chi connectivity index (χ0) is 15.4. The Morgan fingerprint density at radius 1 is 1.24 bits per heavy atom. The average molecular weight is 289 g/mol. The van der Waals surface area contributed by atoms with Gasteiger partial charge in [0, 0.05) is 30.4 Å². The molecule has 0 aromatic heterocycles. The van der Waals surface area contributed by atoms with E-state index in [1.54, 1.807) is 0 Å². The van der Waals surface area contributed by atoms with Crippen LogP contribution in [-0.2, 0) is 0 Å². The van der Waals surface area contributed by atoms with Crippen LogP contribution in [0.1, 0.15) is 41.6 Å². The smallest absolute Gasteiger partial charge is 0.254 e. The Balaban J connectivity index is 2.19. The summed E-state index contributed by atoms with van der Waals surface area (Å²) in [7, 11) is 4.09. The van der Waals surface area contributed by atoms with E-state index in [4.69, 9.17) is 5.73 Å². The molecule has 0 atom stereocenters. The number of rotatable bonds is 5. The van der Waals surface area contributed by atoms with Crippen LogP contribution in [0.2, 0.25) is 0 Å². The van der Waals surface area contributed by atoms with Crippen LogP contribution >= 0.6 is 0 Å². The molecule has 0 bridgehead atoms. The first-order valence-corrected chi connectivity index (χ1v) is 7.81. The summed E-state index contributed by atoms with van der Waals surface area (Å²) >= 11 is 0. The van der Waals surface area contributed by atoms with Crippen LogP contribution in [0.4, 0.5) is 5.69 Å². The number of anilines is 1. The van der Waals surface area contributed by atoms with Gasteiger partial charge in [0.2, 0.25) is 0 Å². The highest BCUT2D eigenvalue weighted by Gasteiger charge is 2.27. The lowest BCUT2D eigenvalue weighted by atomic mass is 10.0. The third-order valence-electron chi connectivity index (χ3n) is 4.30. The highest BCUT2D eigenvalue weighted by Crippen LogP contribution is 2.26. The summed E-state index contributed by atoms with van der Waals surface area (Å²) in [4.78, 5) is 17.1. The molecule has 1 aromatic rings. The lowest BCUT2D eigenvalue weighted by Crippen LogP contribution is -2.43. The predicted octanol–water partition coefficient (Wildman–Crippen LogP) is 2.52. The Bertz CT molecular complexity index is 493. The van der Waals surface area contributed by atoms with Crippen molar-refractivity contribution in [1.82, 2.24) is 9.80 Å². The van der Waals surface area contributed by atoms with Crippen molar-refractivity contribution < 1.29 is 4.79 Å². The van der Waals surface area contributed by atoms with Crippen molar-refractivity contribution >= 4 is 11.6 Å². The largest absolute Gasteiger partial charge is 0.399 e. The number of nitrogens with two attached hydrogens (primary N) is 1. The van der Waals surface area contributed by atoms with Crippen LogP contribution in [0.25, 0.3) is 0 Å². The molecule has 1 aromatic carbocycles. The van der Waals surface area contributed by atoms with Crippen molar-refractivity contribution in [2.24, 2.45) is 0 Å². The number of aryl methyl sites for hydroxylation is 1.